The molecule has 1 amide bonds. The van der Waals surface area contributed by atoms with Gasteiger partial charge in [-0.2, -0.15) is 0 Å². The zero-order valence-corrected chi connectivity index (χ0v) is 23.1. The van der Waals surface area contributed by atoms with E-state index in [2.05, 4.69) is 36.9 Å². The van der Waals surface area contributed by atoms with Crippen molar-refractivity contribution in [2.75, 3.05) is 32.6 Å². The van der Waals surface area contributed by atoms with Crippen LogP contribution in [0.2, 0.25) is 0 Å². The van der Waals surface area contributed by atoms with E-state index < -0.39 is 5.82 Å². The van der Waals surface area contributed by atoms with E-state index in [0.717, 1.165) is 0 Å². The molecule has 1 saturated heterocycles. The number of aromatic nitrogens is 6. The second-order valence-electron chi connectivity index (χ2n) is 9.31. The van der Waals surface area contributed by atoms with Crippen molar-refractivity contribution in [2.24, 2.45) is 0 Å². The van der Waals surface area contributed by atoms with Crippen LogP contribution in [0.15, 0.2) is 74.0 Å². The highest BCUT2D eigenvalue weighted by Gasteiger charge is 2.31. The Kier molecular flexibility index (Phi) is 7.39. The molecular formula is C29H25FN8O5. The van der Waals surface area contributed by atoms with Crippen molar-refractivity contribution in [2.45, 2.75) is 6.10 Å². The highest BCUT2D eigenvalue weighted by molar-refractivity contribution is 5.93. The van der Waals surface area contributed by atoms with Gasteiger partial charge in [0.15, 0.2) is 17.3 Å². The van der Waals surface area contributed by atoms with Crippen LogP contribution in [-0.2, 0) is 4.79 Å². The van der Waals surface area contributed by atoms with Gasteiger partial charge in [-0.25, -0.2) is 29.0 Å². The Morgan fingerprint density at radius 3 is 2.60 bits per heavy atom. The summed E-state index contributed by atoms with van der Waals surface area (Å²) >= 11 is 0. The van der Waals surface area contributed by atoms with E-state index in [9.17, 15) is 4.79 Å². The first-order valence-corrected chi connectivity index (χ1v) is 13.0. The molecule has 1 aliphatic heterocycles. The monoisotopic (exact) mass is 584 g/mol. The number of nitrogens with zero attached hydrogens (tertiary/aromatic N) is 7. The lowest BCUT2D eigenvalue weighted by Crippen LogP contribution is -2.55. The molecule has 43 heavy (non-hydrogen) atoms. The molecule has 0 radical (unpaired) electrons. The van der Waals surface area contributed by atoms with Crippen LogP contribution >= 0.6 is 0 Å². The molecule has 2 aromatic carbocycles. The quantitative estimate of drug-likeness (QED) is 0.238. The normalized spacial score (nSPS) is 12.9. The van der Waals surface area contributed by atoms with Gasteiger partial charge >= 0.3 is 0 Å². The minimum atomic E-state index is -0.573. The molecule has 0 atom stereocenters. The fourth-order valence-corrected chi connectivity index (χ4v) is 4.35. The van der Waals surface area contributed by atoms with E-state index in [1.54, 1.807) is 35.4 Å². The third-order valence-electron chi connectivity index (χ3n) is 6.59. The molecule has 13 nitrogen and oxygen atoms in total. The van der Waals surface area contributed by atoms with Crippen molar-refractivity contribution >= 4 is 28.3 Å². The number of hydrogen-bond donors (Lipinski definition) is 1. The molecule has 0 bridgehead atoms. The number of hydrogen-bond acceptors (Lipinski definition) is 11. The van der Waals surface area contributed by atoms with Crippen LogP contribution in [0.4, 0.5) is 15.9 Å². The summed E-state index contributed by atoms with van der Waals surface area (Å²) in [5.74, 6) is 1.88. The summed E-state index contributed by atoms with van der Waals surface area (Å²) in [6.45, 7) is 4.36. The fraction of sp³-hybridized carbons (Fsp3) is 0.172. The minimum absolute atomic E-state index is 0.151. The molecule has 1 N–H and O–H groups in total. The summed E-state index contributed by atoms with van der Waals surface area (Å²) < 4.78 is 39.0. The number of nitrogens with one attached hydrogen (secondary N) is 1. The van der Waals surface area contributed by atoms with Gasteiger partial charge in [0.05, 0.1) is 50.9 Å². The van der Waals surface area contributed by atoms with Gasteiger partial charge in [0.25, 0.3) is 0 Å². The molecule has 5 aromatic rings. The zero-order chi connectivity index (χ0) is 29.9. The Morgan fingerprint density at radius 2 is 1.88 bits per heavy atom. The number of amides is 1. The minimum Gasteiger partial charge on any atom is -0.493 e. The molecule has 0 saturated carbocycles. The first-order chi connectivity index (χ1) is 20.9. The Bertz CT molecular complexity index is 1810. The van der Waals surface area contributed by atoms with Gasteiger partial charge in [0, 0.05) is 29.8 Å². The van der Waals surface area contributed by atoms with Crippen LogP contribution in [-0.4, -0.2) is 73.9 Å². The lowest BCUT2D eigenvalue weighted by molar-refractivity contribution is -0.134. The lowest BCUT2D eigenvalue weighted by atomic mass is 10.1. The third-order valence-corrected chi connectivity index (χ3v) is 6.59. The summed E-state index contributed by atoms with van der Waals surface area (Å²) in [6, 6.07) is 9.44. The summed E-state index contributed by atoms with van der Waals surface area (Å²) in [7, 11) is 3.03. The van der Waals surface area contributed by atoms with Crippen molar-refractivity contribution < 1.29 is 28.1 Å². The van der Waals surface area contributed by atoms with Gasteiger partial charge in [-0.05, 0) is 24.3 Å². The SMILES string of the molecule is C=CC(=O)N1CC(Oc2cc3c(Nc4ccc(Oc5ccn(-c6cnc(OC)cn6)n5)cc4F)ncnc3cc2OC)C1. The number of ether oxygens (including phenoxy) is 4. The number of benzene rings is 2. The molecule has 14 heteroatoms. The van der Waals surface area contributed by atoms with E-state index in [-0.39, 0.29) is 29.3 Å². The van der Waals surface area contributed by atoms with E-state index in [0.29, 0.717) is 53.0 Å². The highest BCUT2D eigenvalue weighted by Crippen LogP contribution is 2.37. The number of fused-ring (bicyclic) bond motifs is 1. The summed E-state index contributed by atoms with van der Waals surface area (Å²) in [5.41, 5.74) is 0.735. The number of carbonyl (C=O) groups excluding carboxylic acids is 1. The summed E-state index contributed by atoms with van der Waals surface area (Å²) in [6.07, 6.45) is 7.05. The van der Waals surface area contributed by atoms with E-state index in [4.69, 9.17) is 18.9 Å². The van der Waals surface area contributed by atoms with Gasteiger partial charge in [-0.15, -0.1) is 5.10 Å². The van der Waals surface area contributed by atoms with Gasteiger partial charge in [0.2, 0.25) is 17.7 Å². The second-order valence-corrected chi connectivity index (χ2v) is 9.31. The van der Waals surface area contributed by atoms with Crippen LogP contribution in [0.25, 0.3) is 16.7 Å². The smallest absolute Gasteiger partial charge is 0.246 e. The van der Waals surface area contributed by atoms with Crippen molar-refractivity contribution in [1.29, 1.82) is 0 Å². The molecule has 0 spiro atoms. The number of likely N-dealkylation sites (tertiary alicyclic amines) is 1. The fourth-order valence-electron chi connectivity index (χ4n) is 4.35. The number of halogens is 1. The van der Waals surface area contributed by atoms with Crippen LogP contribution in [0, 0.1) is 5.82 Å². The van der Waals surface area contributed by atoms with Gasteiger partial charge in [-0.1, -0.05) is 6.58 Å². The maximum atomic E-state index is 15.2. The average molecular weight is 585 g/mol. The van der Waals surface area contributed by atoms with E-state index in [1.807, 2.05) is 0 Å². The molecule has 218 valence electrons. The predicted octanol–water partition coefficient (Wildman–Crippen LogP) is 4.07. The first kappa shape index (κ1) is 27.4. The third kappa shape index (κ3) is 5.70. The van der Waals surface area contributed by atoms with Gasteiger partial charge in [0.1, 0.15) is 29.8 Å². The van der Waals surface area contributed by atoms with Crippen molar-refractivity contribution in [3.05, 3.63) is 79.8 Å². The van der Waals surface area contributed by atoms with Crippen LogP contribution < -0.4 is 24.3 Å². The maximum absolute atomic E-state index is 15.2. The molecule has 0 unspecified atom stereocenters. The molecule has 1 fully saturated rings. The molecular weight excluding hydrogens is 559 g/mol. The van der Waals surface area contributed by atoms with Crippen molar-refractivity contribution in [3.8, 4) is 34.8 Å². The van der Waals surface area contributed by atoms with E-state index in [1.165, 1.54) is 55.8 Å². The Labute approximate surface area is 244 Å². The molecule has 0 aliphatic carbocycles. The highest BCUT2D eigenvalue weighted by atomic mass is 19.1. The van der Waals surface area contributed by atoms with Crippen LogP contribution in [0.1, 0.15) is 0 Å². The summed E-state index contributed by atoms with van der Waals surface area (Å²) in [5, 5.41) is 7.92. The van der Waals surface area contributed by atoms with E-state index >= 15 is 4.39 Å². The van der Waals surface area contributed by atoms with Gasteiger partial charge in [-0.3, -0.25) is 4.79 Å². The topological polar surface area (TPSA) is 139 Å². The van der Waals surface area contributed by atoms with Crippen LogP contribution in [0.5, 0.6) is 29.0 Å². The largest absolute Gasteiger partial charge is 0.493 e. The zero-order valence-electron chi connectivity index (χ0n) is 23.1. The molecule has 3 aromatic heterocycles. The van der Waals surface area contributed by atoms with Crippen LogP contribution in [0.3, 0.4) is 0 Å². The number of anilines is 2. The second kappa shape index (κ2) is 11.6. The first-order valence-electron chi connectivity index (χ1n) is 13.0. The summed E-state index contributed by atoms with van der Waals surface area (Å²) in [4.78, 5) is 30.4. The standard InChI is InChI=1S/C29H25FN8O5/c1-4-28(39)37-14-18(15-37)42-24-10-19-22(11-23(24)40-2)33-16-34-29(19)35-21-6-5-17(9-20(21)30)43-26-7-8-38(36-26)25-12-32-27(41-3)13-31-25/h4-13,16,18H,1,14-15H2,2-3H3,(H,33,34,35). The average Bonchev–Trinajstić information content (AvgIpc) is 3.48. The van der Waals surface area contributed by atoms with Crippen molar-refractivity contribution in [3.63, 3.8) is 0 Å². The number of carbonyl (C=O) groups is 1. The lowest BCUT2D eigenvalue weighted by Gasteiger charge is -2.38. The Balaban J connectivity index is 1.18. The van der Waals surface area contributed by atoms with Gasteiger partial charge < -0.3 is 29.2 Å². The van der Waals surface area contributed by atoms with Crippen molar-refractivity contribution in [1.82, 2.24) is 34.6 Å². The maximum Gasteiger partial charge on any atom is 0.246 e. The number of rotatable bonds is 10. The predicted molar refractivity (Wildman–Crippen MR) is 153 cm³/mol. The molecule has 1 aliphatic rings. The molecule has 6 rings (SSSR count). The molecule has 4 heterocycles. The Hall–Kier alpha value is -5.79. The Morgan fingerprint density at radius 1 is 1.02 bits per heavy atom. The number of methoxy groups -OCH3 is 2.